The van der Waals surface area contributed by atoms with Crippen LogP contribution in [0, 0.1) is 6.92 Å². The number of fused-ring (bicyclic) bond motifs is 1. The number of nitrogens with zero attached hydrogens (tertiary/aromatic N) is 1. The van der Waals surface area contributed by atoms with Crippen LogP contribution in [0.1, 0.15) is 15.9 Å². The molecule has 3 aromatic rings. The van der Waals surface area contributed by atoms with E-state index in [0.717, 1.165) is 27.6 Å². The van der Waals surface area contributed by atoms with E-state index in [2.05, 4.69) is 4.98 Å². The van der Waals surface area contributed by atoms with Crippen molar-refractivity contribution in [3.63, 3.8) is 0 Å². The van der Waals surface area contributed by atoms with E-state index < -0.39 is 5.97 Å². The van der Waals surface area contributed by atoms with Crippen LogP contribution in [0.4, 0.5) is 0 Å². The summed E-state index contributed by atoms with van der Waals surface area (Å²) in [6.45, 7) is 1.99. The molecule has 0 amide bonds. The lowest BCUT2D eigenvalue weighted by Gasteiger charge is -2.10. The summed E-state index contributed by atoms with van der Waals surface area (Å²) in [5, 5.41) is 10.0. The number of benzene rings is 2. The second-order valence-corrected chi connectivity index (χ2v) is 4.72. The van der Waals surface area contributed by atoms with Crippen molar-refractivity contribution in [1.82, 2.24) is 4.98 Å². The van der Waals surface area contributed by atoms with E-state index in [1.165, 1.54) is 0 Å². The quantitative estimate of drug-likeness (QED) is 0.762. The van der Waals surface area contributed by atoms with E-state index in [4.69, 9.17) is 5.11 Å². The van der Waals surface area contributed by atoms with Crippen molar-refractivity contribution < 1.29 is 9.90 Å². The molecule has 0 aliphatic heterocycles. The van der Waals surface area contributed by atoms with Gasteiger partial charge in [0.05, 0.1) is 11.1 Å². The molecule has 98 valence electrons. The Bertz CT molecular complexity index is 795. The molecule has 0 saturated heterocycles. The highest BCUT2D eigenvalue weighted by Crippen LogP contribution is 2.31. The van der Waals surface area contributed by atoms with Crippen molar-refractivity contribution in [2.45, 2.75) is 6.92 Å². The highest BCUT2D eigenvalue weighted by Gasteiger charge is 2.11. The van der Waals surface area contributed by atoms with E-state index >= 15 is 0 Å². The highest BCUT2D eigenvalue weighted by molar-refractivity contribution is 6.00. The zero-order chi connectivity index (χ0) is 14.1. The molecule has 0 fully saturated rings. The van der Waals surface area contributed by atoms with Crippen molar-refractivity contribution in [3.05, 3.63) is 65.9 Å². The van der Waals surface area contributed by atoms with E-state index in [0.29, 0.717) is 0 Å². The molecule has 0 aliphatic carbocycles. The van der Waals surface area contributed by atoms with Gasteiger partial charge in [0.1, 0.15) is 0 Å². The third kappa shape index (κ3) is 2.03. The number of rotatable bonds is 2. The summed E-state index contributed by atoms with van der Waals surface area (Å²) in [4.78, 5) is 15.5. The largest absolute Gasteiger partial charge is 0.478 e. The Hall–Kier alpha value is -2.68. The van der Waals surface area contributed by atoms with Crippen LogP contribution in [0.25, 0.3) is 22.0 Å². The van der Waals surface area contributed by atoms with E-state index in [1.807, 2.05) is 43.5 Å². The van der Waals surface area contributed by atoms with Gasteiger partial charge in [0.2, 0.25) is 0 Å². The molecule has 0 unspecified atom stereocenters. The van der Waals surface area contributed by atoms with E-state index in [9.17, 15) is 4.79 Å². The maximum atomic E-state index is 11.2. The zero-order valence-electron chi connectivity index (χ0n) is 11.0. The minimum atomic E-state index is -0.924. The van der Waals surface area contributed by atoms with Gasteiger partial charge in [-0.2, -0.15) is 0 Å². The van der Waals surface area contributed by atoms with Crippen LogP contribution in [0.5, 0.6) is 0 Å². The maximum Gasteiger partial charge on any atom is 0.335 e. The smallest absolute Gasteiger partial charge is 0.335 e. The van der Waals surface area contributed by atoms with Crippen molar-refractivity contribution in [3.8, 4) is 11.1 Å². The molecule has 3 rings (SSSR count). The van der Waals surface area contributed by atoms with Crippen molar-refractivity contribution >= 4 is 16.9 Å². The second kappa shape index (κ2) is 4.78. The normalized spacial score (nSPS) is 10.7. The van der Waals surface area contributed by atoms with Crippen LogP contribution in [0.3, 0.4) is 0 Å². The molecule has 1 aromatic heterocycles. The molecule has 1 N–H and O–H groups in total. The standard InChI is InChI=1S/C17H13NO2/c1-11-10-18-15-8-7-13(17(19)20)9-14(15)16(11)12-5-3-2-4-6-12/h2-10H,1H3,(H,19,20). The lowest BCUT2D eigenvalue weighted by Crippen LogP contribution is -1.97. The Labute approximate surface area is 116 Å². The topological polar surface area (TPSA) is 50.2 Å². The Morgan fingerprint density at radius 2 is 1.85 bits per heavy atom. The molecule has 0 atom stereocenters. The van der Waals surface area contributed by atoms with Gasteiger partial charge in [0.15, 0.2) is 0 Å². The molecular weight excluding hydrogens is 250 g/mol. The Kier molecular flexibility index (Phi) is 2.95. The fourth-order valence-corrected chi connectivity index (χ4v) is 2.41. The Morgan fingerprint density at radius 3 is 2.55 bits per heavy atom. The third-order valence-electron chi connectivity index (χ3n) is 3.37. The number of carboxylic acids is 1. The van der Waals surface area contributed by atoms with E-state index in [-0.39, 0.29) is 5.56 Å². The summed E-state index contributed by atoms with van der Waals surface area (Å²) in [6, 6.07) is 15.0. The van der Waals surface area contributed by atoms with Gasteiger partial charge in [0.25, 0.3) is 0 Å². The van der Waals surface area contributed by atoms with Gasteiger partial charge in [-0.3, -0.25) is 4.98 Å². The van der Waals surface area contributed by atoms with Crippen molar-refractivity contribution in [1.29, 1.82) is 0 Å². The van der Waals surface area contributed by atoms with Gasteiger partial charge in [-0.1, -0.05) is 30.3 Å². The van der Waals surface area contributed by atoms with Gasteiger partial charge >= 0.3 is 5.97 Å². The molecule has 20 heavy (non-hydrogen) atoms. The first kappa shape index (κ1) is 12.4. The lowest BCUT2D eigenvalue weighted by atomic mass is 9.96. The number of pyridine rings is 1. The number of aryl methyl sites for hydroxylation is 1. The Balaban J connectivity index is 2.37. The minimum Gasteiger partial charge on any atom is -0.478 e. The molecule has 2 aromatic carbocycles. The Morgan fingerprint density at radius 1 is 1.10 bits per heavy atom. The number of carboxylic acid groups (broad SMARTS) is 1. The van der Waals surface area contributed by atoms with Gasteiger partial charge in [-0.25, -0.2) is 4.79 Å². The number of hydrogen-bond acceptors (Lipinski definition) is 2. The summed E-state index contributed by atoms with van der Waals surface area (Å²) in [6.07, 6.45) is 1.82. The molecule has 0 spiro atoms. The molecule has 3 nitrogen and oxygen atoms in total. The van der Waals surface area contributed by atoms with Crippen LogP contribution < -0.4 is 0 Å². The molecule has 1 heterocycles. The number of carbonyl (C=O) groups is 1. The second-order valence-electron chi connectivity index (χ2n) is 4.72. The van der Waals surface area contributed by atoms with Crippen LogP contribution >= 0.6 is 0 Å². The maximum absolute atomic E-state index is 11.2. The van der Waals surface area contributed by atoms with Crippen molar-refractivity contribution in [2.24, 2.45) is 0 Å². The van der Waals surface area contributed by atoms with Crippen LogP contribution in [0.2, 0.25) is 0 Å². The molecule has 0 bridgehead atoms. The fraction of sp³-hybridized carbons (Fsp3) is 0.0588. The summed E-state index contributed by atoms with van der Waals surface area (Å²) >= 11 is 0. The molecule has 0 saturated carbocycles. The van der Waals surface area contributed by atoms with Crippen LogP contribution in [-0.2, 0) is 0 Å². The average Bonchev–Trinajstić information content (AvgIpc) is 2.47. The van der Waals surface area contributed by atoms with Crippen LogP contribution in [-0.4, -0.2) is 16.1 Å². The SMILES string of the molecule is Cc1cnc2ccc(C(=O)O)cc2c1-c1ccccc1. The predicted octanol–water partition coefficient (Wildman–Crippen LogP) is 3.91. The molecule has 0 radical (unpaired) electrons. The molecule has 3 heteroatoms. The number of hydrogen-bond donors (Lipinski definition) is 1. The van der Waals surface area contributed by atoms with Crippen LogP contribution in [0.15, 0.2) is 54.7 Å². The van der Waals surface area contributed by atoms with Gasteiger partial charge in [0, 0.05) is 11.6 Å². The summed E-state index contributed by atoms with van der Waals surface area (Å²) in [7, 11) is 0. The van der Waals surface area contributed by atoms with Crippen molar-refractivity contribution in [2.75, 3.05) is 0 Å². The summed E-state index contributed by atoms with van der Waals surface area (Å²) < 4.78 is 0. The molecular formula is C17H13NO2. The number of aromatic nitrogens is 1. The first-order valence-corrected chi connectivity index (χ1v) is 6.35. The first-order chi connectivity index (χ1) is 9.66. The van der Waals surface area contributed by atoms with E-state index in [1.54, 1.807) is 18.2 Å². The first-order valence-electron chi connectivity index (χ1n) is 6.35. The number of aromatic carboxylic acids is 1. The molecule has 0 aliphatic rings. The fourth-order valence-electron chi connectivity index (χ4n) is 2.41. The predicted molar refractivity (Wildman–Crippen MR) is 78.9 cm³/mol. The van der Waals surface area contributed by atoms with Gasteiger partial charge in [-0.05, 0) is 41.8 Å². The average molecular weight is 263 g/mol. The monoisotopic (exact) mass is 263 g/mol. The van der Waals surface area contributed by atoms with Gasteiger partial charge in [-0.15, -0.1) is 0 Å². The van der Waals surface area contributed by atoms with Gasteiger partial charge < -0.3 is 5.11 Å². The minimum absolute atomic E-state index is 0.280. The third-order valence-corrected chi connectivity index (χ3v) is 3.37. The summed E-state index contributed by atoms with van der Waals surface area (Å²) in [5.74, 6) is -0.924. The zero-order valence-corrected chi connectivity index (χ0v) is 11.0. The highest BCUT2D eigenvalue weighted by atomic mass is 16.4. The summed E-state index contributed by atoms with van der Waals surface area (Å²) in [5.41, 5.74) is 4.23. The lowest BCUT2D eigenvalue weighted by molar-refractivity contribution is 0.0697.